The molecular formula is C19H17ClN4O3. The number of nitrogens with zero attached hydrogens (tertiary/aromatic N) is 3. The molecule has 1 N–H and O–H groups in total. The molecule has 27 heavy (non-hydrogen) atoms. The van der Waals surface area contributed by atoms with Gasteiger partial charge in [0, 0.05) is 18.8 Å². The summed E-state index contributed by atoms with van der Waals surface area (Å²) in [6.07, 6.45) is 5.62. The second kappa shape index (κ2) is 8.95. The molecule has 0 aliphatic carbocycles. The number of carbonyl (C=O) groups is 2. The first-order chi connectivity index (χ1) is 13.1. The van der Waals surface area contributed by atoms with Crippen LogP contribution in [-0.2, 0) is 20.7 Å². The average molecular weight is 385 g/mol. The van der Waals surface area contributed by atoms with Crippen LogP contribution in [0, 0.1) is 0 Å². The van der Waals surface area contributed by atoms with Crippen molar-refractivity contribution >= 4 is 29.3 Å². The van der Waals surface area contributed by atoms with E-state index in [1.165, 1.54) is 6.20 Å². The van der Waals surface area contributed by atoms with Crippen molar-refractivity contribution in [3.05, 3.63) is 71.6 Å². The van der Waals surface area contributed by atoms with Crippen molar-refractivity contribution in [2.75, 3.05) is 11.9 Å². The van der Waals surface area contributed by atoms with E-state index >= 15 is 0 Å². The maximum absolute atomic E-state index is 11.8. The fourth-order valence-electron chi connectivity index (χ4n) is 2.30. The number of ether oxygens (including phenoxy) is 1. The zero-order chi connectivity index (χ0) is 19.1. The van der Waals surface area contributed by atoms with E-state index in [4.69, 9.17) is 16.3 Å². The zero-order valence-electron chi connectivity index (χ0n) is 14.3. The first-order valence-electron chi connectivity index (χ1n) is 8.26. The smallest absolute Gasteiger partial charge is 0.306 e. The fourth-order valence-corrected chi connectivity index (χ4v) is 2.42. The number of halogens is 1. The molecule has 0 aliphatic rings. The zero-order valence-corrected chi connectivity index (χ0v) is 15.1. The van der Waals surface area contributed by atoms with Gasteiger partial charge >= 0.3 is 5.97 Å². The third-order valence-electron chi connectivity index (χ3n) is 3.63. The molecular weight excluding hydrogens is 368 g/mol. The van der Waals surface area contributed by atoms with Crippen LogP contribution in [0.25, 0.3) is 5.69 Å². The van der Waals surface area contributed by atoms with Crippen LogP contribution < -0.4 is 5.32 Å². The number of amides is 1. The Labute approximate surface area is 160 Å². The Bertz CT molecular complexity index is 910. The largest absolute Gasteiger partial charge is 0.456 e. The van der Waals surface area contributed by atoms with E-state index in [-0.39, 0.29) is 13.0 Å². The molecule has 2 aromatic heterocycles. The Balaban J connectivity index is 1.41. The molecule has 0 radical (unpaired) electrons. The van der Waals surface area contributed by atoms with E-state index in [0.717, 1.165) is 11.3 Å². The molecule has 0 atom stereocenters. The third kappa shape index (κ3) is 5.65. The topological polar surface area (TPSA) is 86.1 Å². The van der Waals surface area contributed by atoms with Crippen LogP contribution >= 0.6 is 11.6 Å². The Morgan fingerprint density at radius 2 is 1.93 bits per heavy atom. The van der Waals surface area contributed by atoms with Crippen LogP contribution in [0.15, 0.2) is 61.1 Å². The summed E-state index contributed by atoms with van der Waals surface area (Å²) >= 11 is 5.72. The summed E-state index contributed by atoms with van der Waals surface area (Å²) in [5, 5.41) is 7.26. The van der Waals surface area contributed by atoms with Crippen LogP contribution in [0.2, 0.25) is 5.02 Å². The highest BCUT2D eigenvalue weighted by Gasteiger charge is 2.10. The number of esters is 1. The Morgan fingerprint density at radius 1 is 1.11 bits per heavy atom. The minimum Gasteiger partial charge on any atom is -0.456 e. The van der Waals surface area contributed by atoms with Gasteiger partial charge in [0.2, 0.25) is 0 Å². The summed E-state index contributed by atoms with van der Waals surface area (Å²) in [4.78, 5) is 27.5. The molecule has 3 aromatic rings. The molecule has 1 aromatic carbocycles. The SMILES string of the molecule is O=C(COC(=O)CCc1cnn(-c2ccccc2)c1)Nc1ccc(Cl)cn1. The number of hydrogen-bond donors (Lipinski definition) is 1. The number of para-hydroxylation sites is 1. The lowest BCUT2D eigenvalue weighted by Crippen LogP contribution is -2.21. The van der Waals surface area contributed by atoms with Gasteiger partial charge in [0.15, 0.2) is 6.61 Å². The predicted octanol–water partition coefficient (Wildman–Crippen LogP) is 3.04. The monoisotopic (exact) mass is 384 g/mol. The minimum absolute atomic E-state index is 0.160. The summed E-state index contributed by atoms with van der Waals surface area (Å²) in [7, 11) is 0. The van der Waals surface area contributed by atoms with Gasteiger partial charge in [-0.25, -0.2) is 9.67 Å². The molecule has 0 spiro atoms. The summed E-state index contributed by atoms with van der Waals surface area (Å²) in [6, 6.07) is 12.8. The summed E-state index contributed by atoms with van der Waals surface area (Å²) < 4.78 is 6.72. The van der Waals surface area contributed by atoms with E-state index in [1.807, 2.05) is 36.5 Å². The standard InChI is InChI=1S/C19H17ClN4O3/c20-15-7-8-17(21-11-15)23-18(25)13-27-19(26)9-6-14-10-22-24(12-14)16-4-2-1-3-5-16/h1-5,7-8,10-12H,6,9,13H2,(H,21,23,25). The molecule has 0 saturated carbocycles. The second-order valence-corrected chi connectivity index (χ2v) is 6.14. The number of anilines is 1. The quantitative estimate of drug-likeness (QED) is 0.633. The highest BCUT2D eigenvalue weighted by Crippen LogP contribution is 2.10. The van der Waals surface area contributed by atoms with Crippen LogP contribution in [0.5, 0.6) is 0 Å². The number of carbonyl (C=O) groups excluding carboxylic acids is 2. The van der Waals surface area contributed by atoms with Gasteiger partial charge in [0.25, 0.3) is 5.91 Å². The third-order valence-corrected chi connectivity index (χ3v) is 3.86. The molecule has 0 saturated heterocycles. The van der Waals surface area contributed by atoms with Crippen molar-refractivity contribution in [2.24, 2.45) is 0 Å². The van der Waals surface area contributed by atoms with Crippen molar-refractivity contribution in [1.29, 1.82) is 0 Å². The lowest BCUT2D eigenvalue weighted by Gasteiger charge is -2.05. The van der Waals surface area contributed by atoms with Gasteiger partial charge in [-0.05, 0) is 36.2 Å². The number of benzene rings is 1. The first-order valence-corrected chi connectivity index (χ1v) is 8.64. The minimum atomic E-state index is -0.463. The first kappa shape index (κ1) is 18.6. The number of pyridine rings is 1. The Kier molecular flexibility index (Phi) is 6.17. The fraction of sp³-hybridized carbons (Fsp3) is 0.158. The Hall–Kier alpha value is -3.19. The molecule has 0 bridgehead atoms. The molecule has 0 aliphatic heterocycles. The van der Waals surface area contributed by atoms with Crippen LogP contribution in [0.3, 0.4) is 0 Å². The molecule has 8 heteroatoms. The Morgan fingerprint density at radius 3 is 2.67 bits per heavy atom. The molecule has 7 nitrogen and oxygen atoms in total. The second-order valence-electron chi connectivity index (χ2n) is 5.70. The number of rotatable bonds is 7. The van der Waals surface area contributed by atoms with Crippen LogP contribution in [-0.4, -0.2) is 33.2 Å². The van der Waals surface area contributed by atoms with Crippen molar-refractivity contribution < 1.29 is 14.3 Å². The molecule has 0 unspecified atom stereocenters. The maximum Gasteiger partial charge on any atom is 0.306 e. The van der Waals surface area contributed by atoms with E-state index in [2.05, 4.69) is 15.4 Å². The van der Waals surface area contributed by atoms with Crippen molar-refractivity contribution in [1.82, 2.24) is 14.8 Å². The van der Waals surface area contributed by atoms with Gasteiger partial charge in [-0.15, -0.1) is 0 Å². The molecule has 1 amide bonds. The number of hydrogen-bond acceptors (Lipinski definition) is 5. The lowest BCUT2D eigenvalue weighted by molar-refractivity contribution is -0.147. The van der Waals surface area contributed by atoms with Crippen molar-refractivity contribution in [3.8, 4) is 5.69 Å². The summed E-state index contributed by atoms with van der Waals surface area (Å²) in [6.45, 7) is -0.369. The molecule has 2 heterocycles. The predicted molar refractivity (Wildman–Crippen MR) is 101 cm³/mol. The number of aromatic nitrogens is 3. The van der Waals surface area contributed by atoms with Crippen LogP contribution in [0.1, 0.15) is 12.0 Å². The van der Waals surface area contributed by atoms with E-state index in [1.54, 1.807) is 23.0 Å². The summed E-state index contributed by atoms with van der Waals surface area (Å²) in [5.41, 5.74) is 1.85. The molecule has 0 fully saturated rings. The summed E-state index contributed by atoms with van der Waals surface area (Å²) in [5.74, 6) is -0.578. The van der Waals surface area contributed by atoms with Gasteiger partial charge in [-0.1, -0.05) is 29.8 Å². The van der Waals surface area contributed by atoms with Gasteiger partial charge in [-0.3, -0.25) is 9.59 Å². The number of nitrogens with one attached hydrogen (secondary N) is 1. The highest BCUT2D eigenvalue weighted by molar-refractivity contribution is 6.30. The van der Waals surface area contributed by atoms with Crippen molar-refractivity contribution in [2.45, 2.75) is 12.8 Å². The lowest BCUT2D eigenvalue weighted by atomic mass is 10.2. The van der Waals surface area contributed by atoms with Gasteiger partial charge < -0.3 is 10.1 Å². The van der Waals surface area contributed by atoms with Gasteiger partial charge in [-0.2, -0.15) is 5.10 Å². The van der Waals surface area contributed by atoms with Crippen LogP contribution in [0.4, 0.5) is 5.82 Å². The van der Waals surface area contributed by atoms with Gasteiger partial charge in [0.05, 0.1) is 16.9 Å². The molecule has 3 rings (SSSR count). The highest BCUT2D eigenvalue weighted by atomic mass is 35.5. The maximum atomic E-state index is 11.8. The normalized spacial score (nSPS) is 10.4. The van der Waals surface area contributed by atoms with Crippen molar-refractivity contribution in [3.63, 3.8) is 0 Å². The van der Waals surface area contributed by atoms with E-state index < -0.39 is 11.9 Å². The van der Waals surface area contributed by atoms with Gasteiger partial charge in [0.1, 0.15) is 5.82 Å². The van der Waals surface area contributed by atoms with E-state index in [9.17, 15) is 9.59 Å². The molecule has 138 valence electrons. The van der Waals surface area contributed by atoms with E-state index in [0.29, 0.717) is 17.3 Å². The number of aryl methyl sites for hydroxylation is 1. The average Bonchev–Trinajstić information content (AvgIpc) is 3.16.